The number of rotatable bonds is 8. The van der Waals surface area contributed by atoms with E-state index in [0.29, 0.717) is 6.04 Å². The van der Waals surface area contributed by atoms with Crippen LogP contribution in [0, 0.1) is 0 Å². The predicted octanol–water partition coefficient (Wildman–Crippen LogP) is 3.85. The summed E-state index contributed by atoms with van der Waals surface area (Å²) in [6, 6.07) is 0.550. The van der Waals surface area contributed by atoms with Crippen molar-refractivity contribution >= 4 is 11.8 Å². The molecule has 1 nitrogen and oxygen atoms in total. The number of allylic oxidation sites excluding steroid dienone is 1. The summed E-state index contributed by atoms with van der Waals surface area (Å²) in [6.45, 7) is 12.3. The summed E-state index contributed by atoms with van der Waals surface area (Å²) < 4.78 is 0. The van der Waals surface area contributed by atoms with Gasteiger partial charge in [-0.3, -0.25) is 0 Å². The van der Waals surface area contributed by atoms with Crippen molar-refractivity contribution in [3.8, 4) is 0 Å². The molecule has 2 heteroatoms. The Morgan fingerprint density at radius 2 is 2.00 bits per heavy atom. The minimum Gasteiger partial charge on any atom is -0.310 e. The molecule has 0 aliphatic heterocycles. The molecule has 2 atom stereocenters. The Morgan fingerprint density at radius 1 is 1.33 bits per heavy atom. The lowest BCUT2D eigenvalue weighted by Crippen LogP contribution is -2.30. The summed E-state index contributed by atoms with van der Waals surface area (Å²) >= 11 is 2.07. The van der Waals surface area contributed by atoms with Crippen molar-refractivity contribution in [1.82, 2.24) is 5.32 Å². The predicted molar refractivity (Wildman–Crippen MR) is 73.7 cm³/mol. The second-order valence-electron chi connectivity index (χ2n) is 4.36. The van der Waals surface area contributed by atoms with E-state index in [0.717, 1.165) is 11.8 Å². The third-order valence-corrected chi connectivity index (χ3v) is 3.78. The molecule has 0 amide bonds. The maximum absolute atomic E-state index is 3.58. The van der Waals surface area contributed by atoms with E-state index >= 15 is 0 Å². The van der Waals surface area contributed by atoms with Gasteiger partial charge in [-0.1, -0.05) is 32.4 Å². The molecule has 0 radical (unpaired) electrons. The molecule has 0 aliphatic carbocycles. The molecule has 0 bridgehead atoms. The van der Waals surface area contributed by atoms with Crippen LogP contribution in [0.2, 0.25) is 0 Å². The fraction of sp³-hybridized carbons (Fsp3) is 0.846. The molecule has 90 valence electrons. The Labute approximate surface area is 100 Å². The first-order valence-electron chi connectivity index (χ1n) is 6.10. The van der Waals surface area contributed by atoms with Gasteiger partial charge in [-0.25, -0.2) is 0 Å². The average molecular weight is 229 g/mol. The molecule has 2 unspecified atom stereocenters. The molecular formula is C13H27NS. The van der Waals surface area contributed by atoms with E-state index in [1.807, 2.05) is 0 Å². The summed E-state index contributed by atoms with van der Waals surface area (Å²) in [5.41, 5.74) is 1.41. The van der Waals surface area contributed by atoms with E-state index in [2.05, 4.69) is 57.8 Å². The van der Waals surface area contributed by atoms with Crippen LogP contribution < -0.4 is 5.32 Å². The molecule has 1 N–H and O–H groups in total. The standard InChI is InChI=1S/C13H27NS/c1-6-8-14-13(9-11(3)4)10-15-12(5)7-2/h9,12-14H,6-8,10H2,1-5H3. The van der Waals surface area contributed by atoms with Crippen molar-refractivity contribution < 1.29 is 0 Å². The van der Waals surface area contributed by atoms with Crippen molar-refractivity contribution in [2.75, 3.05) is 12.3 Å². The topological polar surface area (TPSA) is 12.0 Å². The van der Waals surface area contributed by atoms with Gasteiger partial charge >= 0.3 is 0 Å². The number of hydrogen-bond acceptors (Lipinski definition) is 2. The minimum absolute atomic E-state index is 0.550. The van der Waals surface area contributed by atoms with Gasteiger partial charge in [0.05, 0.1) is 0 Å². The van der Waals surface area contributed by atoms with Gasteiger partial charge < -0.3 is 5.32 Å². The summed E-state index contributed by atoms with van der Waals surface area (Å²) in [5.74, 6) is 1.19. The van der Waals surface area contributed by atoms with Crippen molar-refractivity contribution in [1.29, 1.82) is 0 Å². The van der Waals surface area contributed by atoms with Crippen LogP contribution in [0.5, 0.6) is 0 Å². The van der Waals surface area contributed by atoms with Gasteiger partial charge in [0.25, 0.3) is 0 Å². The normalized spacial score (nSPS) is 14.7. The lowest BCUT2D eigenvalue weighted by molar-refractivity contribution is 0.626. The van der Waals surface area contributed by atoms with E-state index in [-0.39, 0.29) is 0 Å². The third-order valence-electron chi connectivity index (χ3n) is 2.33. The molecule has 0 aromatic heterocycles. The minimum atomic E-state index is 0.550. The molecule has 0 saturated carbocycles. The van der Waals surface area contributed by atoms with Gasteiger partial charge in [-0.05, 0) is 33.2 Å². The maximum Gasteiger partial charge on any atom is 0.0343 e. The van der Waals surface area contributed by atoms with Crippen molar-refractivity contribution in [2.45, 2.75) is 58.8 Å². The van der Waals surface area contributed by atoms with E-state index in [1.165, 1.54) is 24.2 Å². The molecular weight excluding hydrogens is 202 g/mol. The van der Waals surface area contributed by atoms with Crippen LogP contribution in [0.25, 0.3) is 0 Å². The van der Waals surface area contributed by atoms with Crippen molar-refractivity contribution in [3.63, 3.8) is 0 Å². The van der Waals surface area contributed by atoms with Gasteiger partial charge in [0.2, 0.25) is 0 Å². The van der Waals surface area contributed by atoms with Crippen LogP contribution >= 0.6 is 11.8 Å². The van der Waals surface area contributed by atoms with Gasteiger partial charge in [-0.15, -0.1) is 0 Å². The van der Waals surface area contributed by atoms with Gasteiger partial charge in [0.1, 0.15) is 0 Å². The second-order valence-corrected chi connectivity index (χ2v) is 5.83. The Bertz CT molecular complexity index is 173. The van der Waals surface area contributed by atoms with E-state index in [9.17, 15) is 0 Å². The van der Waals surface area contributed by atoms with Crippen LogP contribution in [0.15, 0.2) is 11.6 Å². The Kier molecular flexibility index (Phi) is 9.32. The van der Waals surface area contributed by atoms with E-state index < -0.39 is 0 Å². The monoisotopic (exact) mass is 229 g/mol. The second kappa shape index (κ2) is 9.29. The molecule has 0 aromatic rings. The molecule has 0 aromatic carbocycles. The zero-order chi connectivity index (χ0) is 11.7. The molecule has 0 spiro atoms. The fourth-order valence-electron chi connectivity index (χ4n) is 1.28. The highest BCUT2D eigenvalue weighted by atomic mass is 32.2. The van der Waals surface area contributed by atoms with E-state index in [4.69, 9.17) is 0 Å². The molecule has 0 aliphatic rings. The third kappa shape index (κ3) is 9.01. The van der Waals surface area contributed by atoms with E-state index in [1.54, 1.807) is 0 Å². The van der Waals surface area contributed by atoms with Gasteiger partial charge in [-0.2, -0.15) is 11.8 Å². The zero-order valence-electron chi connectivity index (χ0n) is 11.0. The number of nitrogens with one attached hydrogen (secondary N) is 1. The van der Waals surface area contributed by atoms with Gasteiger partial charge in [0, 0.05) is 17.0 Å². The zero-order valence-corrected chi connectivity index (χ0v) is 11.8. The molecule has 15 heavy (non-hydrogen) atoms. The highest BCUT2D eigenvalue weighted by Gasteiger charge is 2.06. The first-order valence-corrected chi connectivity index (χ1v) is 7.15. The summed E-state index contributed by atoms with van der Waals surface area (Å²) in [6.07, 6.45) is 4.83. The molecule has 0 heterocycles. The first kappa shape index (κ1) is 15.0. The lowest BCUT2D eigenvalue weighted by Gasteiger charge is -2.17. The largest absolute Gasteiger partial charge is 0.310 e. The average Bonchev–Trinajstić information content (AvgIpc) is 2.20. The molecule has 0 saturated heterocycles. The summed E-state index contributed by atoms with van der Waals surface area (Å²) in [5, 5.41) is 4.36. The Balaban J connectivity index is 3.95. The summed E-state index contributed by atoms with van der Waals surface area (Å²) in [4.78, 5) is 0. The van der Waals surface area contributed by atoms with Crippen LogP contribution in [-0.2, 0) is 0 Å². The van der Waals surface area contributed by atoms with Crippen molar-refractivity contribution in [3.05, 3.63) is 11.6 Å². The Hall–Kier alpha value is 0.0500. The highest BCUT2D eigenvalue weighted by molar-refractivity contribution is 7.99. The van der Waals surface area contributed by atoms with Crippen molar-refractivity contribution in [2.24, 2.45) is 0 Å². The number of thioether (sulfide) groups is 1. The first-order chi connectivity index (χ1) is 7.10. The Morgan fingerprint density at radius 3 is 2.47 bits per heavy atom. The quantitative estimate of drug-likeness (QED) is 0.634. The van der Waals surface area contributed by atoms with Crippen LogP contribution in [-0.4, -0.2) is 23.6 Å². The molecule has 0 fully saturated rings. The lowest BCUT2D eigenvalue weighted by atomic mass is 10.2. The SMILES string of the molecule is CCCNC(C=C(C)C)CSC(C)CC. The van der Waals surface area contributed by atoms with Crippen LogP contribution in [0.1, 0.15) is 47.5 Å². The van der Waals surface area contributed by atoms with Gasteiger partial charge in [0.15, 0.2) is 0 Å². The number of hydrogen-bond donors (Lipinski definition) is 1. The maximum atomic E-state index is 3.58. The molecule has 0 rings (SSSR count). The fourth-order valence-corrected chi connectivity index (χ4v) is 2.27. The van der Waals surface area contributed by atoms with Crippen LogP contribution in [0.3, 0.4) is 0 Å². The highest BCUT2D eigenvalue weighted by Crippen LogP contribution is 2.15. The van der Waals surface area contributed by atoms with Crippen LogP contribution in [0.4, 0.5) is 0 Å². The summed E-state index contributed by atoms with van der Waals surface area (Å²) in [7, 11) is 0. The smallest absolute Gasteiger partial charge is 0.0343 e.